The first-order valence-corrected chi connectivity index (χ1v) is 12.6. The van der Waals surface area contributed by atoms with Gasteiger partial charge >= 0.3 is 12.7 Å². The molecule has 1 atom stereocenters. The van der Waals surface area contributed by atoms with E-state index in [0.717, 1.165) is 24.1 Å². The van der Waals surface area contributed by atoms with Crippen molar-refractivity contribution < 1.29 is 32.2 Å². The number of aryl methyl sites for hydroxylation is 1. The Kier molecular flexibility index (Phi) is 8.18. The number of ether oxygens (including phenoxy) is 3. The first-order chi connectivity index (χ1) is 18.0. The summed E-state index contributed by atoms with van der Waals surface area (Å²) in [7, 11) is 0. The summed E-state index contributed by atoms with van der Waals surface area (Å²) < 4.78 is 47.9. The second-order valence-corrected chi connectivity index (χ2v) is 10.5. The third-order valence-corrected chi connectivity index (χ3v) is 5.75. The maximum absolute atomic E-state index is 13.0. The zero-order valence-corrected chi connectivity index (χ0v) is 22.2. The molecule has 2 heterocycles. The number of hydrogen-bond donors (Lipinski definition) is 1. The number of nitrogens with zero attached hydrogens (tertiary/aromatic N) is 2. The lowest BCUT2D eigenvalue weighted by Gasteiger charge is -2.21. The Balaban J connectivity index is 1.65. The zero-order chi connectivity index (χ0) is 27.4. The van der Waals surface area contributed by atoms with Crippen molar-refractivity contribution in [2.24, 2.45) is 5.92 Å². The number of nitrogens with one attached hydrogen (secondary N) is 1. The van der Waals surface area contributed by atoms with E-state index >= 15 is 0 Å². The van der Waals surface area contributed by atoms with Crippen LogP contribution in [0.3, 0.4) is 0 Å². The van der Waals surface area contributed by atoms with Gasteiger partial charge in [-0.3, -0.25) is 4.98 Å². The van der Waals surface area contributed by atoms with Crippen molar-refractivity contribution in [2.75, 3.05) is 6.61 Å². The van der Waals surface area contributed by atoms with Gasteiger partial charge in [0.05, 0.1) is 18.3 Å². The number of hydrogen-bond acceptors (Lipinski definition) is 7. The van der Waals surface area contributed by atoms with E-state index in [-0.39, 0.29) is 17.4 Å². The molecule has 10 heteroatoms. The molecule has 1 saturated carbocycles. The lowest BCUT2D eigenvalue weighted by molar-refractivity contribution is -0.0515. The summed E-state index contributed by atoms with van der Waals surface area (Å²) in [6, 6.07) is 7.86. The fourth-order valence-electron chi connectivity index (χ4n) is 3.72. The van der Waals surface area contributed by atoms with E-state index in [1.807, 2.05) is 19.1 Å². The van der Waals surface area contributed by atoms with Gasteiger partial charge in [-0.1, -0.05) is 6.07 Å². The molecule has 0 spiro atoms. The van der Waals surface area contributed by atoms with E-state index in [1.54, 1.807) is 46.0 Å². The van der Waals surface area contributed by atoms with Crippen LogP contribution in [0.2, 0.25) is 0 Å². The Hall–Kier alpha value is -3.69. The number of pyridine rings is 1. The van der Waals surface area contributed by atoms with Crippen LogP contribution < -0.4 is 14.8 Å². The van der Waals surface area contributed by atoms with Gasteiger partial charge in [-0.15, -0.1) is 0 Å². The van der Waals surface area contributed by atoms with Gasteiger partial charge in [0, 0.05) is 23.9 Å². The molecule has 2 aromatic heterocycles. The SMILES string of the molecule is Cc1ccc(Cc2nc(-c3ccc(OC(F)F)c(OCC4CC4)c3)oc2C(C)NC(=O)OC(C)(C)C)nc1. The van der Waals surface area contributed by atoms with Gasteiger partial charge in [-0.05, 0) is 83.2 Å². The van der Waals surface area contributed by atoms with Crippen LogP contribution in [0.5, 0.6) is 11.5 Å². The van der Waals surface area contributed by atoms with E-state index in [0.29, 0.717) is 36.0 Å². The van der Waals surface area contributed by atoms with Crippen LogP contribution in [-0.2, 0) is 11.2 Å². The van der Waals surface area contributed by atoms with E-state index < -0.39 is 24.3 Å². The molecule has 8 nitrogen and oxygen atoms in total. The Labute approximate surface area is 220 Å². The van der Waals surface area contributed by atoms with Crippen LogP contribution in [0.15, 0.2) is 40.9 Å². The van der Waals surface area contributed by atoms with Gasteiger partial charge in [-0.25, -0.2) is 9.78 Å². The van der Waals surface area contributed by atoms with Crippen molar-refractivity contribution in [2.45, 2.75) is 72.1 Å². The number of rotatable bonds is 10. The summed E-state index contributed by atoms with van der Waals surface area (Å²) in [6.45, 7) is 6.50. The summed E-state index contributed by atoms with van der Waals surface area (Å²) >= 11 is 0. The Morgan fingerprint density at radius 2 is 1.95 bits per heavy atom. The molecule has 0 aliphatic heterocycles. The molecule has 1 unspecified atom stereocenters. The van der Waals surface area contributed by atoms with Gasteiger partial charge in [0.2, 0.25) is 5.89 Å². The van der Waals surface area contributed by atoms with Crippen LogP contribution in [0.25, 0.3) is 11.5 Å². The van der Waals surface area contributed by atoms with Crippen molar-refractivity contribution in [3.8, 4) is 23.0 Å². The Morgan fingerprint density at radius 1 is 1.18 bits per heavy atom. The van der Waals surface area contributed by atoms with Gasteiger partial charge in [0.25, 0.3) is 0 Å². The third kappa shape index (κ3) is 7.66. The summed E-state index contributed by atoms with van der Waals surface area (Å²) in [5.41, 5.74) is 2.23. The highest BCUT2D eigenvalue weighted by molar-refractivity contribution is 5.68. The number of carbonyl (C=O) groups is 1. The summed E-state index contributed by atoms with van der Waals surface area (Å²) in [5.74, 6) is 1.23. The second kappa shape index (κ2) is 11.4. The molecule has 1 N–H and O–H groups in total. The second-order valence-electron chi connectivity index (χ2n) is 10.5. The Bertz CT molecular complexity index is 1250. The normalized spacial score (nSPS) is 14.3. The van der Waals surface area contributed by atoms with Gasteiger partial charge in [0.15, 0.2) is 17.3 Å². The van der Waals surface area contributed by atoms with Crippen LogP contribution in [-0.4, -0.2) is 34.9 Å². The Morgan fingerprint density at radius 3 is 2.58 bits per heavy atom. The number of aromatic nitrogens is 2. The first-order valence-electron chi connectivity index (χ1n) is 12.6. The molecule has 0 bridgehead atoms. The molecule has 1 amide bonds. The number of halogens is 2. The largest absolute Gasteiger partial charge is 0.489 e. The standard InChI is InChI=1S/C28H33F2N3O5/c1-16-6-10-20(31-14-16)13-21-24(17(2)32-27(34)38-28(3,4)5)37-25(33-21)19-9-11-22(36-26(29)30)23(12-19)35-15-18-7-8-18/h6,9-12,14,17-18,26H,7-8,13,15H2,1-5H3,(H,32,34). The fraction of sp³-hybridized carbons (Fsp3) is 0.464. The minimum Gasteiger partial charge on any atom is -0.489 e. The summed E-state index contributed by atoms with van der Waals surface area (Å²) in [4.78, 5) is 21.6. The van der Waals surface area contributed by atoms with E-state index in [9.17, 15) is 13.6 Å². The van der Waals surface area contributed by atoms with Gasteiger partial charge < -0.3 is 23.9 Å². The molecule has 1 aliphatic carbocycles. The number of carbonyl (C=O) groups excluding carboxylic acids is 1. The predicted molar refractivity (Wildman–Crippen MR) is 136 cm³/mol. The molecule has 4 rings (SSSR count). The van der Waals surface area contributed by atoms with Crippen molar-refractivity contribution in [1.82, 2.24) is 15.3 Å². The van der Waals surface area contributed by atoms with Crippen LogP contribution in [0.1, 0.15) is 69.3 Å². The number of alkyl carbamates (subject to hydrolysis) is 1. The highest BCUT2D eigenvalue weighted by Gasteiger charge is 2.26. The van der Waals surface area contributed by atoms with Crippen LogP contribution in [0, 0.1) is 12.8 Å². The van der Waals surface area contributed by atoms with Crippen molar-refractivity contribution >= 4 is 6.09 Å². The lowest BCUT2D eigenvalue weighted by Crippen LogP contribution is -2.34. The molecule has 1 fully saturated rings. The molecule has 3 aromatic rings. The number of benzene rings is 1. The third-order valence-electron chi connectivity index (χ3n) is 5.75. The zero-order valence-electron chi connectivity index (χ0n) is 22.2. The highest BCUT2D eigenvalue weighted by atomic mass is 19.3. The maximum Gasteiger partial charge on any atom is 0.408 e. The monoisotopic (exact) mass is 529 g/mol. The molecule has 1 aliphatic rings. The highest BCUT2D eigenvalue weighted by Crippen LogP contribution is 2.37. The minimum atomic E-state index is -2.98. The lowest BCUT2D eigenvalue weighted by atomic mass is 10.1. The molecular weight excluding hydrogens is 496 g/mol. The first kappa shape index (κ1) is 27.3. The van der Waals surface area contributed by atoms with Crippen molar-refractivity contribution in [3.05, 3.63) is 59.2 Å². The minimum absolute atomic E-state index is 0.0554. The number of alkyl halides is 2. The predicted octanol–water partition coefficient (Wildman–Crippen LogP) is 6.61. The van der Waals surface area contributed by atoms with Crippen molar-refractivity contribution in [3.63, 3.8) is 0 Å². The molecule has 204 valence electrons. The summed E-state index contributed by atoms with van der Waals surface area (Å²) in [5, 5.41) is 2.79. The van der Waals surface area contributed by atoms with E-state index in [1.165, 1.54) is 6.07 Å². The van der Waals surface area contributed by atoms with Crippen LogP contribution in [0.4, 0.5) is 13.6 Å². The van der Waals surface area contributed by atoms with E-state index in [4.69, 9.17) is 18.9 Å². The molecule has 0 radical (unpaired) electrons. The van der Waals surface area contributed by atoms with Crippen molar-refractivity contribution in [1.29, 1.82) is 0 Å². The fourth-order valence-corrected chi connectivity index (χ4v) is 3.72. The van der Waals surface area contributed by atoms with Gasteiger partial charge in [0.1, 0.15) is 5.60 Å². The number of oxazole rings is 1. The topological polar surface area (TPSA) is 95.7 Å². The average molecular weight is 530 g/mol. The summed E-state index contributed by atoms with van der Waals surface area (Å²) in [6.07, 6.45) is 3.63. The molecule has 0 saturated heterocycles. The molecule has 38 heavy (non-hydrogen) atoms. The van der Waals surface area contributed by atoms with E-state index in [2.05, 4.69) is 15.0 Å². The average Bonchev–Trinajstić information content (AvgIpc) is 3.56. The number of amides is 1. The smallest absolute Gasteiger partial charge is 0.408 e. The maximum atomic E-state index is 13.0. The quantitative estimate of drug-likeness (QED) is 0.316. The van der Waals surface area contributed by atoms with Crippen LogP contribution >= 0.6 is 0 Å². The molecular formula is C28H33F2N3O5. The van der Waals surface area contributed by atoms with Gasteiger partial charge in [-0.2, -0.15) is 8.78 Å². The molecule has 1 aromatic carbocycles.